The van der Waals surface area contributed by atoms with Gasteiger partial charge in [0.05, 0.1) is 12.2 Å². The molecule has 0 unspecified atom stereocenters. The molecule has 2 aromatic rings. The number of halogens is 1. The van der Waals surface area contributed by atoms with Gasteiger partial charge in [-0.15, -0.1) is 24.0 Å². The van der Waals surface area contributed by atoms with E-state index in [4.69, 9.17) is 0 Å². The lowest BCUT2D eigenvalue weighted by Crippen LogP contribution is -2.37. The second kappa shape index (κ2) is 11.9. The number of pyridine rings is 1. The van der Waals surface area contributed by atoms with Crippen LogP contribution in [-0.4, -0.2) is 24.5 Å². The van der Waals surface area contributed by atoms with E-state index in [9.17, 15) is 0 Å². The predicted octanol–water partition coefficient (Wildman–Crippen LogP) is 4.43. The predicted molar refractivity (Wildman–Crippen MR) is 121 cm³/mol. The number of aliphatic imine (C=N–C) groups is 1. The van der Waals surface area contributed by atoms with Gasteiger partial charge in [0, 0.05) is 19.8 Å². The van der Waals surface area contributed by atoms with E-state index in [1.54, 1.807) is 7.05 Å². The van der Waals surface area contributed by atoms with Crippen LogP contribution in [0.15, 0.2) is 47.6 Å². The van der Waals surface area contributed by atoms with Crippen LogP contribution in [-0.2, 0) is 13.0 Å². The maximum absolute atomic E-state index is 4.39. The Balaban J connectivity index is 0.00000338. The van der Waals surface area contributed by atoms with Crippen molar-refractivity contribution >= 4 is 29.9 Å². The highest BCUT2D eigenvalue weighted by atomic mass is 127. The van der Waals surface area contributed by atoms with Gasteiger partial charge in [0.1, 0.15) is 0 Å². The zero-order valence-electron chi connectivity index (χ0n) is 16.2. The van der Waals surface area contributed by atoms with E-state index in [1.165, 1.54) is 16.7 Å². The standard InChI is InChI=1S/C21H30N4.HI/c1-16(2)19-11-9-18(10-12-19)8-6-14-24-21(22-4)25-15-20-17(3)7-5-13-23-20;/h5,7,9-13,16H,6,8,14-15H2,1-4H3,(H2,22,24,25);1H. The van der Waals surface area contributed by atoms with Gasteiger partial charge in [-0.1, -0.05) is 44.2 Å². The number of benzene rings is 1. The first-order valence-electron chi connectivity index (χ1n) is 9.04. The molecule has 4 nitrogen and oxygen atoms in total. The summed E-state index contributed by atoms with van der Waals surface area (Å²) in [6.45, 7) is 8.11. The summed E-state index contributed by atoms with van der Waals surface area (Å²) >= 11 is 0. The van der Waals surface area contributed by atoms with Crippen LogP contribution in [0.5, 0.6) is 0 Å². The molecular weight excluding hydrogens is 435 g/mol. The molecule has 0 bridgehead atoms. The minimum Gasteiger partial charge on any atom is -0.356 e. The molecule has 2 N–H and O–H groups in total. The molecule has 142 valence electrons. The third-order valence-corrected chi connectivity index (χ3v) is 4.35. The van der Waals surface area contributed by atoms with Crippen molar-refractivity contribution in [3.05, 3.63) is 65.0 Å². The first kappa shape index (κ1) is 22.4. The SMILES string of the molecule is CN=C(NCCCc1ccc(C(C)C)cc1)NCc1ncccc1C.I. The Labute approximate surface area is 174 Å². The Kier molecular flexibility index (Phi) is 10.2. The Bertz CT molecular complexity index is 681. The molecule has 1 aromatic heterocycles. The van der Waals surface area contributed by atoms with Crippen molar-refractivity contribution in [3.63, 3.8) is 0 Å². The number of aromatic nitrogens is 1. The monoisotopic (exact) mass is 466 g/mol. The van der Waals surface area contributed by atoms with Crippen molar-refractivity contribution in [1.82, 2.24) is 15.6 Å². The van der Waals surface area contributed by atoms with Gasteiger partial charge in [-0.25, -0.2) is 0 Å². The first-order chi connectivity index (χ1) is 12.1. The normalized spacial score (nSPS) is 11.2. The molecule has 0 atom stereocenters. The summed E-state index contributed by atoms with van der Waals surface area (Å²) in [5.41, 5.74) is 5.03. The lowest BCUT2D eigenvalue weighted by atomic mass is 10.0. The Hall–Kier alpha value is -1.63. The summed E-state index contributed by atoms with van der Waals surface area (Å²) in [7, 11) is 1.80. The Morgan fingerprint density at radius 2 is 1.85 bits per heavy atom. The van der Waals surface area contributed by atoms with E-state index in [-0.39, 0.29) is 24.0 Å². The van der Waals surface area contributed by atoms with Gasteiger partial charge in [-0.2, -0.15) is 0 Å². The molecule has 0 amide bonds. The number of nitrogens with one attached hydrogen (secondary N) is 2. The highest BCUT2D eigenvalue weighted by Gasteiger charge is 2.02. The van der Waals surface area contributed by atoms with Crippen molar-refractivity contribution in [1.29, 1.82) is 0 Å². The number of hydrogen-bond donors (Lipinski definition) is 2. The summed E-state index contributed by atoms with van der Waals surface area (Å²) in [5, 5.41) is 6.69. The van der Waals surface area contributed by atoms with E-state index in [0.29, 0.717) is 12.5 Å². The number of rotatable bonds is 7. The lowest BCUT2D eigenvalue weighted by molar-refractivity contribution is 0.736. The summed E-state index contributed by atoms with van der Waals surface area (Å²) in [6.07, 6.45) is 3.97. The number of nitrogens with zero attached hydrogens (tertiary/aromatic N) is 2. The van der Waals surface area contributed by atoms with Crippen LogP contribution in [0, 0.1) is 6.92 Å². The van der Waals surface area contributed by atoms with Crippen LogP contribution in [0.1, 0.15) is 48.6 Å². The Morgan fingerprint density at radius 1 is 1.12 bits per heavy atom. The quantitative estimate of drug-likeness (QED) is 0.275. The molecule has 0 fully saturated rings. The minimum absolute atomic E-state index is 0. The smallest absolute Gasteiger partial charge is 0.191 e. The molecule has 2 rings (SSSR count). The van der Waals surface area contributed by atoms with Gasteiger partial charge in [0.2, 0.25) is 0 Å². The van der Waals surface area contributed by atoms with Crippen molar-refractivity contribution in [3.8, 4) is 0 Å². The highest BCUT2D eigenvalue weighted by Crippen LogP contribution is 2.15. The topological polar surface area (TPSA) is 49.3 Å². The maximum Gasteiger partial charge on any atom is 0.191 e. The third-order valence-electron chi connectivity index (χ3n) is 4.35. The van der Waals surface area contributed by atoms with Gasteiger partial charge in [0.15, 0.2) is 5.96 Å². The molecular formula is C21H31IN4. The van der Waals surface area contributed by atoms with Gasteiger partial charge in [0.25, 0.3) is 0 Å². The van der Waals surface area contributed by atoms with Crippen LogP contribution >= 0.6 is 24.0 Å². The van der Waals surface area contributed by atoms with Crippen LogP contribution in [0.2, 0.25) is 0 Å². The second-order valence-corrected chi connectivity index (χ2v) is 6.62. The minimum atomic E-state index is 0. The fourth-order valence-electron chi connectivity index (χ4n) is 2.66. The second-order valence-electron chi connectivity index (χ2n) is 6.62. The zero-order chi connectivity index (χ0) is 18.1. The first-order valence-corrected chi connectivity index (χ1v) is 9.04. The summed E-state index contributed by atoms with van der Waals surface area (Å²) in [6, 6.07) is 13.0. The fraction of sp³-hybridized carbons (Fsp3) is 0.429. The molecule has 0 saturated carbocycles. The molecule has 1 heterocycles. The van der Waals surface area contributed by atoms with E-state index in [1.807, 2.05) is 12.3 Å². The molecule has 1 aromatic carbocycles. The molecule has 0 aliphatic carbocycles. The van der Waals surface area contributed by atoms with Crippen molar-refractivity contribution in [2.24, 2.45) is 4.99 Å². The highest BCUT2D eigenvalue weighted by molar-refractivity contribution is 14.0. The molecule has 26 heavy (non-hydrogen) atoms. The summed E-state index contributed by atoms with van der Waals surface area (Å²) < 4.78 is 0. The van der Waals surface area contributed by atoms with Crippen molar-refractivity contribution in [2.75, 3.05) is 13.6 Å². The third kappa shape index (κ3) is 7.32. The van der Waals surface area contributed by atoms with Gasteiger partial charge in [-0.05, 0) is 48.4 Å². The van der Waals surface area contributed by atoms with Crippen LogP contribution < -0.4 is 10.6 Å². The molecule has 0 aliphatic rings. The average Bonchev–Trinajstić information content (AvgIpc) is 2.62. The zero-order valence-corrected chi connectivity index (χ0v) is 18.6. The maximum atomic E-state index is 4.39. The molecule has 0 saturated heterocycles. The van der Waals surface area contributed by atoms with Crippen LogP contribution in [0.25, 0.3) is 0 Å². The fourth-order valence-corrected chi connectivity index (χ4v) is 2.66. The summed E-state index contributed by atoms with van der Waals surface area (Å²) in [5.74, 6) is 1.41. The van der Waals surface area contributed by atoms with Gasteiger partial charge >= 0.3 is 0 Å². The average molecular weight is 466 g/mol. The van der Waals surface area contributed by atoms with E-state index >= 15 is 0 Å². The molecule has 0 spiro atoms. The number of aryl methyl sites for hydroxylation is 2. The van der Waals surface area contributed by atoms with Crippen molar-refractivity contribution < 1.29 is 0 Å². The molecule has 0 aliphatic heterocycles. The van der Waals surface area contributed by atoms with Gasteiger partial charge < -0.3 is 10.6 Å². The number of hydrogen-bond acceptors (Lipinski definition) is 2. The van der Waals surface area contributed by atoms with Crippen LogP contribution in [0.3, 0.4) is 0 Å². The largest absolute Gasteiger partial charge is 0.356 e. The van der Waals surface area contributed by atoms with Crippen molar-refractivity contribution in [2.45, 2.75) is 46.1 Å². The lowest BCUT2D eigenvalue weighted by Gasteiger charge is -2.12. The Morgan fingerprint density at radius 3 is 2.46 bits per heavy atom. The van der Waals surface area contributed by atoms with Gasteiger partial charge in [-0.3, -0.25) is 9.98 Å². The summed E-state index contributed by atoms with van der Waals surface area (Å²) in [4.78, 5) is 8.67. The van der Waals surface area contributed by atoms with E-state index in [2.05, 4.69) is 71.7 Å². The van der Waals surface area contributed by atoms with Crippen LogP contribution in [0.4, 0.5) is 0 Å². The molecule has 0 radical (unpaired) electrons. The van der Waals surface area contributed by atoms with E-state index in [0.717, 1.165) is 31.0 Å². The number of guanidine groups is 1. The molecule has 5 heteroatoms. The van der Waals surface area contributed by atoms with E-state index < -0.39 is 0 Å².